The van der Waals surface area contributed by atoms with Crippen LogP contribution in [0.3, 0.4) is 0 Å². The summed E-state index contributed by atoms with van der Waals surface area (Å²) < 4.78 is 0. The molecular formula is C38H75N2O2. The molecule has 4 heteroatoms. The van der Waals surface area contributed by atoms with E-state index in [-0.39, 0.29) is 17.9 Å². The zero-order valence-electron chi connectivity index (χ0n) is 28.7. The Balaban J connectivity index is 3.50. The Hall–Kier alpha value is -1.06. The van der Waals surface area contributed by atoms with Gasteiger partial charge in [-0.1, -0.05) is 175 Å². The van der Waals surface area contributed by atoms with Crippen molar-refractivity contribution in [3.63, 3.8) is 0 Å². The van der Waals surface area contributed by atoms with Crippen molar-refractivity contribution < 1.29 is 9.59 Å². The summed E-state index contributed by atoms with van der Waals surface area (Å²) in [7, 11) is 0. The Kier molecular flexibility index (Phi) is 33.6. The molecule has 4 nitrogen and oxygen atoms in total. The highest BCUT2D eigenvalue weighted by Gasteiger charge is 2.10. The normalized spacial score (nSPS) is 12.0. The highest BCUT2D eigenvalue weighted by Crippen LogP contribution is 2.14. The molecule has 0 aliphatic heterocycles. The van der Waals surface area contributed by atoms with E-state index in [1.54, 1.807) is 0 Å². The van der Waals surface area contributed by atoms with Crippen molar-refractivity contribution in [2.45, 2.75) is 219 Å². The quantitative estimate of drug-likeness (QED) is 0.0731. The summed E-state index contributed by atoms with van der Waals surface area (Å²) in [6.45, 7) is 9.27. The van der Waals surface area contributed by atoms with Gasteiger partial charge >= 0.3 is 0 Å². The van der Waals surface area contributed by atoms with Gasteiger partial charge in [0.25, 0.3) is 0 Å². The van der Waals surface area contributed by atoms with Crippen molar-refractivity contribution in [3.8, 4) is 0 Å². The lowest BCUT2D eigenvalue weighted by atomic mass is 10.0. The van der Waals surface area contributed by atoms with Crippen molar-refractivity contribution in [2.24, 2.45) is 0 Å². The predicted molar refractivity (Wildman–Crippen MR) is 185 cm³/mol. The van der Waals surface area contributed by atoms with Gasteiger partial charge in [-0.15, -0.1) is 0 Å². The maximum atomic E-state index is 12.3. The second-order valence-electron chi connectivity index (χ2n) is 13.0. The summed E-state index contributed by atoms with van der Waals surface area (Å²) in [5.41, 5.74) is 0. The highest BCUT2D eigenvalue weighted by molar-refractivity contribution is 5.76. The van der Waals surface area contributed by atoms with Gasteiger partial charge in [0.05, 0.1) is 0 Å². The second kappa shape index (κ2) is 34.4. The van der Waals surface area contributed by atoms with E-state index >= 15 is 0 Å². The fourth-order valence-electron chi connectivity index (χ4n) is 5.86. The Morgan fingerprint density at radius 1 is 0.476 bits per heavy atom. The number of amides is 2. The minimum absolute atomic E-state index is 0.123. The molecule has 1 atom stereocenters. The molecule has 0 aliphatic rings. The third-order valence-electron chi connectivity index (χ3n) is 8.78. The fraction of sp³-hybridized carbons (Fsp3) is 0.921. The van der Waals surface area contributed by atoms with Crippen molar-refractivity contribution >= 4 is 11.8 Å². The van der Waals surface area contributed by atoms with E-state index in [4.69, 9.17) is 0 Å². The third-order valence-corrected chi connectivity index (χ3v) is 8.78. The van der Waals surface area contributed by atoms with Crippen molar-refractivity contribution in [1.82, 2.24) is 10.6 Å². The number of hydrogen-bond donors (Lipinski definition) is 2. The summed E-state index contributed by atoms with van der Waals surface area (Å²) in [5.74, 6) is 0.342. The van der Waals surface area contributed by atoms with Gasteiger partial charge in [0, 0.05) is 25.4 Å². The monoisotopic (exact) mass is 592 g/mol. The average molecular weight is 592 g/mol. The number of carbonyl (C=O) groups is 2. The SMILES string of the molecule is [CH2]CC(CCCNC(=O)CCCCCCCCCCCCCCC)NC(=O)CCCCCCCCCCCCCCC. The number of rotatable bonds is 34. The molecule has 0 saturated carbocycles. The van der Waals surface area contributed by atoms with E-state index in [9.17, 15) is 9.59 Å². The third kappa shape index (κ3) is 31.9. The molecule has 1 unspecified atom stereocenters. The van der Waals surface area contributed by atoms with Crippen molar-refractivity contribution in [3.05, 3.63) is 6.92 Å². The molecular weight excluding hydrogens is 516 g/mol. The summed E-state index contributed by atoms with van der Waals surface area (Å²) in [6, 6.07) is 0.123. The summed E-state index contributed by atoms with van der Waals surface area (Å²) in [6.07, 6.45) is 38.2. The van der Waals surface area contributed by atoms with Crippen LogP contribution in [0.1, 0.15) is 213 Å². The van der Waals surface area contributed by atoms with Crippen LogP contribution in [-0.4, -0.2) is 24.4 Å². The highest BCUT2D eigenvalue weighted by atomic mass is 16.2. The van der Waals surface area contributed by atoms with Gasteiger partial charge in [0.2, 0.25) is 11.8 Å². The van der Waals surface area contributed by atoms with E-state index < -0.39 is 0 Å². The van der Waals surface area contributed by atoms with Gasteiger partial charge in [-0.25, -0.2) is 0 Å². The second-order valence-corrected chi connectivity index (χ2v) is 13.0. The molecule has 0 aromatic heterocycles. The molecule has 0 heterocycles. The molecule has 0 aliphatic carbocycles. The first kappa shape index (κ1) is 40.9. The largest absolute Gasteiger partial charge is 0.356 e. The Morgan fingerprint density at radius 3 is 1.17 bits per heavy atom. The topological polar surface area (TPSA) is 58.2 Å². The van der Waals surface area contributed by atoms with Crippen LogP contribution in [0.4, 0.5) is 0 Å². The maximum Gasteiger partial charge on any atom is 0.220 e. The molecule has 0 aromatic carbocycles. The van der Waals surface area contributed by atoms with E-state index in [1.165, 1.54) is 148 Å². The van der Waals surface area contributed by atoms with Crippen molar-refractivity contribution in [1.29, 1.82) is 0 Å². The Labute approximate surface area is 264 Å². The van der Waals surface area contributed by atoms with Crippen molar-refractivity contribution in [2.75, 3.05) is 6.54 Å². The number of unbranched alkanes of at least 4 members (excludes halogenated alkanes) is 24. The molecule has 0 fully saturated rings. The first-order valence-corrected chi connectivity index (χ1v) is 19.0. The smallest absolute Gasteiger partial charge is 0.220 e. The predicted octanol–water partition coefficient (Wildman–Crippen LogP) is 11.6. The van der Waals surface area contributed by atoms with Crippen LogP contribution in [0.15, 0.2) is 0 Å². The first-order valence-electron chi connectivity index (χ1n) is 19.0. The summed E-state index contributed by atoms with van der Waals surface area (Å²) >= 11 is 0. The number of hydrogen-bond acceptors (Lipinski definition) is 2. The summed E-state index contributed by atoms with van der Waals surface area (Å²) in [4.78, 5) is 24.5. The lowest BCUT2D eigenvalue weighted by molar-refractivity contribution is -0.122. The molecule has 0 saturated heterocycles. The minimum Gasteiger partial charge on any atom is -0.356 e. The lowest BCUT2D eigenvalue weighted by Crippen LogP contribution is -2.35. The van der Waals surface area contributed by atoms with Gasteiger partial charge in [-0.3, -0.25) is 9.59 Å². The average Bonchev–Trinajstić information content (AvgIpc) is 2.99. The van der Waals surface area contributed by atoms with Crippen LogP contribution in [-0.2, 0) is 9.59 Å². The molecule has 0 rings (SSSR count). The Morgan fingerprint density at radius 2 is 0.810 bits per heavy atom. The fourth-order valence-corrected chi connectivity index (χ4v) is 5.86. The van der Waals surface area contributed by atoms with Gasteiger partial charge < -0.3 is 10.6 Å². The summed E-state index contributed by atoms with van der Waals surface area (Å²) in [5, 5.41) is 6.23. The Bertz CT molecular complexity index is 565. The van der Waals surface area contributed by atoms with Crippen LogP contribution in [0.5, 0.6) is 0 Å². The maximum absolute atomic E-state index is 12.3. The molecule has 2 amide bonds. The zero-order chi connectivity index (χ0) is 30.8. The molecule has 0 aromatic rings. The van der Waals surface area contributed by atoms with Gasteiger partial charge in [0.15, 0.2) is 0 Å². The minimum atomic E-state index is 0.123. The van der Waals surface area contributed by atoms with Crippen LogP contribution in [0.2, 0.25) is 0 Å². The van der Waals surface area contributed by atoms with E-state index in [0.717, 1.165) is 32.1 Å². The molecule has 0 bridgehead atoms. The van der Waals surface area contributed by atoms with Gasteiger partial charge in [0.1, 0.15) is 0 Å². The van der Waals surface area contributed by atoms with Gasteiger partial charge in [-0.2, -0.15) is 0 Å². The molecule has 0 spiro atoms. The number of carbonyl (C=O) groups excluding carboxylic acids is 2. The zero-order valence-corrected chi connectivity index (χ0v) is 28.7. The van der Waals surface area contributed by atoms with Gasteiger partial charge in [-0.05, 0) is 32.1 Å². The molecule has 1 radical (unpaired) electrons. The van der Waals surface area contributed by atoms with E-state index in [2.05, 4.69) is 31.4 Å². The van der Waals surface area contributed by atoms with E-state index in [1.807, 2.05) is 0 Å². The van der Waals surface area contributed by atoms with Crippen LogP contribution < -0.4 is 10.6 Å². The van der Waals surface area contributed by atoms with Crippen LogP contribution in [0, 0.1) is 6.92 Å². The van der Waals surface area contributed by atoms with Crippen LogP contribution >= 0.6 is 0 Å². The first-order chi connectivity index (χ1) is 20.6. The molecule has 42 heavy (non-hydrogen) atoms. The van der Waals surface area contributed by atoms with E-state index in [0.29, 0.717) is 25.8 Å². The standard InChI is InChI=1S/C38H75N2O2/c1-4-7-9-11-13-15-17-19-21-23-25-27-29-33-37(41)39-35-31-32-36(6-3)40-38(42)34-30-28-26-24-22-20-18-16-14-12-10-8-5-2/h36H,3-35H2,1-2H3,(H,39,41)(H,40,42). The molecule has 2 N–H and O–H groups in total. The number of nitrogens with one attached hydrogen (secondary N) is 2. The van der Waals surface area contributed by atoms with Crippen LogP contribution in [0.25, 0.3) is 0 Å². The lowest BCUT2D eigenvalue weighted by Gasteiger charge is -2.17. The molecule has 249 valence electrons.